The molecule has 1 unspecified atom stereocenters. The summed E-state index contributed by atoms with van der Waals surface area (Å²) in [6.07, 6.45) is -0.0400. The van der Waals surface area contributed by atoms with Crippen LogP contribution in [0.1, 0.15) is 23.7 Å². The van der Waals surface area contributed by atoms with Crippen LogP contribution in [0.5, 0.6) is 0 Å². The number of hydrogen-bond acceptors (Lipinski definition) is 5. The molecule has 1 saturated heterocycles. The Bertz CT molecular complexity index is 532. The number of nitrogens with one attached hydrogen (secondary N) is 1. The van der Waals surface area contributed by atoms with Crippen molar-refractivity contribution in [3.8, 4) is 0 Å². The van der Waals surface area contributed by atoms with Crippen molar-refractivity contribution >= 4 is 17.3 Å². The number of anilines is 1. The maximum Gasteiger partial charge on any atom is 0.282 e. The standard InChI is InChI=1S/C13H17N3O4/c1-2-14-9-3-4-12(16(19)20)11(7-9)13(18)15-6-5-10(17)8-15/h3-4,7,10,14,17H,2,5-6,8H2,1H3. The molecule has 2 rings (SSSR count). The van der Waals surface area contributed by atoms with Gasteiger partial charge in [-0.25, -0.2) is 0 Å². The van der Waals surface area contributed by atoms with E-state index in [1.807, 2.05) is 6.92 Å². The van der Waals surface area contributed by atoms with Gasteiger partial charge in [0, 0.05) is 31.4 Å². The second-order valence-corrected chi connectivity index (χ2v) is 4.71. The number of nitro benzene ring substituents is 1. The molecule has 1 aliphatic heterocycles. The number of carbonyl (C=O) groups is 1. The molecule has 1 aromatic rings. The minimum Gasteiger partial charge on any atom is -0.391 e. The number of hydrogen-bond donors (Lipinski definition) is 2. The first-order valence-electron chi connectivity index (χ1n) is 6.52. The van der Waals surface area contributed by atoms with Crippen LogP contribution in [-0.4, -0.2) is 46.6 Å². The van der Waals surface area contributed by atoms with Crippen LogP contribution in [0.2, 0.25) is 0 Å². The molecular weight excluding hydrogens is 262 g/mol. The number of β-amino-alcohol motifs (C(OH)–C–C–N with tert-alkyl or cyclic N) is 1. The number of benzene rings is 1. The van der Waals surface area contributed by atoms with Crippen LogP contribution >= 0.6 is 0 Å². The summed E-state index contributed by atoms with van der Waals surface area (Å²) >= 11 is 0. The third-order valence-electron chi connectivity index (χ3n) is 3.26. The van der Waals surface area contributed by atoms with E-state index in [0.29, 0.717) is 25.2 Å². The molecule has 1 heterocycles. The minimum absolute atomic E-state index is 0.0579. The predicted molar refractivity (Wildman–Crippen MR) is 73.8 cm³/mol. The summed E-state index contributed by atoms with van der Waals surface area (Å²) in [5, 5.41) is 23.5. The molecule has 7 heteroatoms. The third kappa shape index (κ3) is 2.88. The molecule has 0 radical (unpaired) electrons. The quantitative estimate of drug-likeness (QED) is 0.638. The van der Waals surface area contributed by atoms with Crippen LogP contribution in [0.15, 0.2) is 18.2 Å². The Morgan fingerprint density at radius 1 is 1.60 bits per heavy atom. The van der Waals surface area contributed by atoms with Crippen LogP contribution in [-0.2, 0) is 0 Å². The average molecular weight is 279 g/mol. The second-order valence-electron chi connectivity index (χ2n) is 4.71. The fourth-order valence-corrected chi connectivity index (χ4v) is 2.28. The third-order valence-corrected chi connectivity index (χ3v) is 3.26. The summed E-state index contributed by atoms with van der Waals surface area (Å²) in [4.78, 5) is 24.3. The van der Waals surface area contributed by atoms with E-state index in [1.165, 1.54) is 17.0 Å². The highest BCUT2D eigenvalue weighted by Gasteiger charge is 2.30. The topological polar surface area (TPSA) is 95.7 Å². The molecule has 1 aromatic carbocycles. The van der Waals surface area contributed by atoms with Gasteiger partial charge in [-0.1, -0.05) is 0 Å². The first-order chi connectivity index (χ1) is 9.52. The van der Waals surface area contributed by atoms with Gasteiger partial charge in [0.05, 0.1) is 11.0 Å². The van der Waals surface area contributed by atoms with Gasteiger partial charge >= 0.3 is 0 Å². The van der Waals surface area contributed by atoms with E-state index in [1.54, 1.807) is 6.07 Å². The fourth-order valence-electron chi connectivity index (χ4n) is 2.28. The van der Waals surface area contributed by atoms with Crippen LogP contribution in [0, 0.1) is 10.1 Å². The number of aliphatic hydroxyl groups excluding tert-OH is 1. The van der Waals surface area contributed by atoms with E-state index in [9.17, 15) is 20.0 Å². The van der Waals surface area contributed by atoms with Gasteiger partial charge in [-0.15, -0.1) is 0 Å². The van der Waals surface area contributed by atoms with Gasteiger partial charge in [-0.05, 0) is 25.5 Å². The Hall–Kier alpha value is -2.15. The first kappa shape index (κ1) is 14.3. The Labute approximate surface area is 116 Å². The zero-order valence-corrected chi connectivity index (χ0v) is 11.2. The number of aliphatic hydroxyl groups is 1. The largest absolute Gasteiger partial charge is 0.391 e. The van der Waals surface area contributed by atoms with Crippen LogP contribution in [0.3, 0.4) is 0 Å². The van der Waals surface area contributed by atoms with Crippen molar-refractivity contribution in [1.29, 1.82) is 0 Å². The van der Waals surface area contributed by atoms with E-state index in [0.717, 1.165) is 0 Å². The van der Waals surface area contributed by atoms with Crippen LogP contribution in [0.25, 0.3) is 0 Å². The smallest absolute Gasteiger partial charge is 0.282 e. The molecule has 2 N–H and O–H groups in total. The van der Waals surface area contributed by atoms with Crippen molar-refractivity contribution in [2.45, 2.75) is 19.4 Å². The lowest BCUT2D eigenvalue weighted by Gasteiger charge is -2.16. The molecule has 0 saturated carbocycles. The van der Waals surface area contributed by atoms with Crippen LogP contribution in [0.4, 0.5) is 11.4 Å². The number of nitro groups is 1. The molecule has 20 heavy (non-hydrogen) atoms. The van der Waals surface area contributed by atoms with E-state index in [-0.39, 0.29) is 17.8 Å². The molecule has 1 aliphatic rings. The molecule has 0 aromatic heterocycles. The zero-order valence-electron chi connectivity index (χ0n) is 11.2. The summed E-state index contributed by atoms with van der Waals surface area (Å²) in [7, 11) is 0. The van der Waals surface area contributed by atoms with Crippen molar-refractivity contribution in [1.82, 2.24) is 4.90 Å². The number of likely N-dealkylation sites (tertiary alicyclic amines) is 1. The SMILES string of the molecule is CCNc1ccc([N+](=O)[O-])c(C(=O)N2CCC(O)C2)c1. The predicted octanol–water partition coefficient (Wildman–Crippen LogP) is 1.23. The monoisotopic (exact) mass is 279 g/mol. The van der Waals surface area contributed by atoms with Crippen molar-refractivity contribution in [3.05, 3.63) is 33.9 Å². The fraction of sp³-hybridized carbons (Fsp3) is 0.462. The van der Waals surface area contributed by atoms with Gasteiger partial charge in [0.25, 0.3) is 11.6 Å². The maximum absolute atomic E-state index is 12.4. The average Bonchev–Trinajstić information content (AvgIpc) is 2.84. The lowest BCUT2D eigenvalue weighted by molar-refractivity contribution is -0.385. The summed E-state index contributed by atoms with van der Waals surface area (Å²) < 4.78 is 0. The van der Waals surface area contributed by atoms with Gasteiger partial charge < -0.3 is 15.3 Å². The van der Waals surface area contributed by atoms with Crippen molar-refractivity contribution < 1.29 is 14.8 Å². The highest BCUT2D eigenvalue weighted by molar-refractivity contribution is 5.99. The second kappa shape index (κ2) is 5.87. The van der Waals surface area contributed by atoms with Gasteiger partial charge in [0.15, 0.2) is 0 Å². The zero-order chi connectivity index (χ0) is 14.7. The Morgan fingerprint density at radius 3 is 2.90 bits per heavy atom. The Balaban J connectivity index is 2.33. The van der Waals surface area contributed by atoms with E-state index in [2.05, 4.69) is 5.32 Å². The van der Waals surface area contributed by atoms with E-state index >= 15 is 0 Å². The van der Waals surface area contributed by atoms with Gasteiger partial charge in [0.2, 0.25) is 0 Å². The van der Waals surface area contributed by atoms with Gasteiger partial charge in [-0.2, -0.15) is 0 Å². The molecule has 7 nitrogen and oxygen atoms in total. The van der Waals surface area contributed by atoms with E-state index < -0.39 is 16.9 Å². The lowest BCUT2D eigenvalue weighted by atomic mass is 10.1. The van der Waals surface area contributed by atoms with Crippen molar-refractivity contribution in [3.63, 3.8) is 0 Å². The number of rotatable bonds is 4. The highest BCUT2D eigenvalue weighted by Crippen LogP contribution is 2.25. The van der Waals surface area contributed by atoms with Crippen LogP contribution < -0.4 is 5.32 Å². The normalized spacial score (nSPS) is 18.1. The molecule has 1 amide bonds. The summed E-state index contributed by atoms with van der Waals surface area (Å²) in [5.74, 6) is -0.409. The molecule has 1 fully saturated rings. The minimum atomic E-state index is -0.560. The van der Waals surface area contributed by atoms with Crippen molar-refractivity contribution in [2.75, 3.05) is 25.0 Å². The van der Waals surface area contributed by atoms with Gasteiger partial charge in [-0.3, -0.25) is 14.9 Å². The Kier molecular flexibility index (Phi) is 4.19. The molecule has 108 valence electrons. The molecule has 0 spiro atoms. The lowest BCUT2D eigenvalue weighted by Crippen LogP contribution is -2.30. The summed E-state index contributed by atoms with van der Waals surface area (Å²) in [5.41, 5.74) is 0.516. The first-order valence-corrected chi connectivity index (χ1v) is 6.52. The molecule has 0 aliphatic carbocycles. The summed E-state index contributed by atoms with van der Waals surface area (Å²) in [6.45, 7) is 3.21. The molecule has 1 atom stereocenters. The summed E-state index contributed by atoms with van der Waals surface area (Å²) in [6, 6.07) is 4.41. The van der Waals surface area contributed by atoms with E-state index in [4.69, 9.17) is 0 Å². The van der Waals surface area contributed by atoms with Crippen molar-refractivity contribution in [2.24, 2.45) is 0 Å². The highest BCUT2D eigenvalue weighted by atomic mass is 16.6. The van der Waals surface area contributed by atoms with Gasteiger partial charge in [0.1, 0.15) is 5.56 Å². The maximum atomic E-state index is 12.4. The Morgan fingerprint density at radius 2 is 2.35 bits per heavy atom. The number of amides is 1. The molecular formula is C13H17N3O4. The number of carbonyl (C=O) groups excluding carboxylic acids is 1. The number of nitrogens with zero attached hydrogens (tertiary/aromatic N) is 2. The molecule has 0 bridgehead atoms.